The molecule has 2 aliphatic rings. The molecule has 138 valence electrons. The molecule has 0 spiro atoms. The van der Waals surface area contributed by atoms with E-state index in [1.54, 1.807) is 6.20 Å². The molecule has 2 amide bonds. The number of rotatable bonds is 5. The average molecular weight is 347 g/mol. The number of nitrogens with one attached hydrogen (secondary N) is 1. The number of aromatic nitrogens is 3. The molecule has 1 aliphatic heterocycles. The lowest BCUT2D eigenvalue weighted by Gasteiger charge is -2.29. The number of hydrogen-bond acceptors (Lipinski definition) is 4. The molecule has 3 rings (SSSR count). The van der Waals surface area contributed by atoms with Crippen molar-refractivity contribution in [3.8, 4) is 0 Å². The van der Waals surface area contributed by atoms with E-state index in [9.17, 15) is 9.59 Å². The third-order valence-electron chi connectivity index (χ3n) is 5.51. The number of aryl methyl sites for hydroxylation is 1. The third-order valence-corrected chi connectivity index (χ3v) is 5.51. The van der Waals surface area contributed by atoms with Crippen molar-refractivity contribution in [2.75, 3.05) is 19.6 Å². The van der Waals surface area contributed by atoms with E-state index in [2.05, 4.69) is 36.2 Å². The van der Waals surface area contributed by atoms with Gasteiger partial charge in [0.1, 0.15) is 0 Å². The first-order valence-corrected chi connectivity index (χ1v) is 9.42. The van der Waals surface area contributed by atoms with Gasteiger partial charge < -0.3 is 9.80 Å². The van der Waals surface area contributed by atoms with Crippen LogP contribution in [0.1, 0.15) is 45.7 Å². The van der Waals surface area contributed by atoms with Crippen LogP contribution in [0.4, 0.5) is 0 Å². The van der Waals surface area contributed by atoms with Crippen molar-refractivity contribution in [3.63, 3.8) is 0 Å². The molecular formula is C18H29N5O2. The van der Waals surface area contributed by atoms with E-state index in [1.165, 1.54) is 0 Å². The van der Waals surface area contributed by atoms with Gasteiger partial charge >= 0.3 is 0 Å². The summed E-state index contributed by atoms with van der Waals surface area (Å²) >= 11 is 0. The molecule has 7 heteroatoms. The Bertz CT molecular complexity index is 603. The monoisotopic (exact) mass is 347 g/mol. The Morgan fingerprint density at radius 1 is 1.28 bits per heavy atom. The van der Waals surface area contributed by atoms with Gasteiger partial charge in [0.05, 0.1) is 11.9 Å². The van der Waals surface area contributed by atoms with Gasteiger partial charge in [-0.25, -0.2) is 0 Å². The summed E-state index contributed by atoms with van der Waals surface area (Å²) in [6, 6.07) is 0.0533. The van der Waals surface area contributed by atoms with E-state index in [-0.39, 0.29) is 17.9 Å². The largest absolute Gasteiger partial charge is 0.340 e. The molecule has 25 heavy (non-hydrogen) atoms. The summed E-state index contributed by atoms with van der Waals surface area (Å²) in [6.45, 7) is 8.44. The smallest absolute Gasteiger partial charge is 0.226 e. The van der Waals surface area contributed by atoms with Crippen LogP contribution in [-0.4, -0.2) is 62.7 Å². The summed E-state index contributed by atoms with van der Waals surface area (Å²) in [4.78, 5) is 29.4. The van der Waals surface area contributed by atoms with Crippen LogP contribution in [0.3, 0.4) is 0 Å². The third kappa shape index (κ3) is 4.19. The number of aromatic amines is 1. The standard InChI is InChI=1S/C18H29N5O2/c1-4-14-7-16(14)18(25)22-9-12(2)10-23(13(3)11-22)17(24)6-5-15-8-19-21-20-15/h8,12-14,16H,4-7,9-11H2,1-3H3,(H,19,20,21). The van der Waals surface area contributed by atoms with Crippen LogP contribution in [-0.2, 0) is 16.0 Å². The van der Waals surface area contributed by atoms with E-state index in [0.717, 1.165) is 25.1 Å². The van der Waals surface area contributed by atoms with E-state index in [4.69, 9.17) is 0 Å². The Morgan fingerprint density at radius 3 is 2.72 bits per heavy atom. The van der Waals surface area contributed by atoms with Crippen LogP contribution in [0.5, 0.6) is 0 Å². The highest BCUT2D eigenvalue weighted by molar-refractivity contribution is 5.82. The Labute approximate surface area is 149 Å². The Kier molecular flexibility index (Phi) is 5.39. The lowest BCUT2D eigenvalue weighted by Crippen LogP contribution is -2.44. The summed E-state index contributed by atoms with van der Waals surface area (Å²) in [7, 11) is 0. The molecule has 1 aromatic rings. The fourth-order valence-corrected chi connectivity index (χ4v) is 3.93. The predicted molar refractivity (Wildman–Crippen MR) is 93.5 cm³/mol. The highest BCUT2D eigenvalue weighted by Gasteiger charge is 2.44. The lowest BCUT2D eigenvalue weighted by molar-refractivity contribution is -0.136. The predicted octanol–water partition coefficient (Wildman–Crippen LogP) is 1.48. The topological polar surface area (TPSA) is 82.2 Å². The van der Waals surface area contributed by atoms with Crippen LogP contribution < -0.4 is 0 Å². The first-order chi connectivity index (χ1) is 12.0. The maximum Gasteiger partial charge on any atom is 0.226 e. The molecule has 2 heterocycles. The van der Waals surface area contributed by atoms with Gasteiger partial charge in [-0.3, -0.25) is 9.59 Å². The summed E-state index contributed by atoms with van der Waals surface area (Å²) in [5, 5.41) is 10.3. The second-order valence-corrected chi connectivity index (χ2v) is 7.72. The van der Waals surface area contributed by atoms with Crippen molar-refractivity contribution >= 4 is 11.8 Å². The van der Waals surface area contributed by atoms with E-state index >= 15 is 0 Å². The number of amides is 2. The van der Waals surface area contributed by atoms with Crippen LogP contribution in [0, 0.1) is 17.8 Å². The number of hydrogen-bond donors (Lipinski definition) is 1. The van der Waals surface area contributed by atoms with Gasteiger partial charge in [0, 0.05) is 44.4 Å². The summed E-state index contributed by atoms with van der Waals surface area (Å²) in [5.41, 5.74) is 0.806. The maximum absolute atomic E-state index is 12.7. The molecule has 7 nitrogen and oxygen atoms in total. The van der Waals surface area contributed by atoms with Gasteiger partial charge in [-0.2, -0.15) is 15.4 Å². The SMILES string of the molecule is CCC1CC1C(=O)N1CC(C)CN(C(=O)CCc2cn[nH]n2)C(C)C1. The van der Waals surface area contributed by atoms with Gasteiger partial charge in [0.25, 0.3) is 0 Å². The Hall–Kier alpha value is -1.92. The average Bonchev–Trinajstić information content (AvgIpc) is 3.24. The minimum atomic E-state index is 0.0533. The Balaban J connectivity index is 1.58. The van der Waals surface area contributed by atoms with E-state index in [1.807, 2.05) is 9.80 Å². The van der Waals surface area contributed by atoms with Crippen LogP contribution in [0.15, 0.2) is 6.20 Å². The van der Waals surface area contributed by atoms with Gasteiger partial charge in [-0.05, 0) is 25.2 Å². The maximum atomic E-state index is 12.7. The second kappa shape index (κ2) is 7.54. The fourth-order valence-electron chi connectivity index (χ4n) is 3.93. The van der Waals surface area contributed by atoms with Gasteiger partial charge in [0.2, 0.25) is 11.8 Å². The molecule has 1 N–H and O–H groups in total. The first kappa shape index (κ1) is 17.9. The zero-order valence-corrected chi connectivity index (χ0v) is 15.4. The molecular weight excluding hydrogens is 318 g/mol. The van der Waals surface area contributed by atoms with Crippen molar-refractivity contribution in [1.29, 1.82) is 0 Å². The zero-order chi connectivity index (χ0) is 18.0. The van der Waals surface area contributed by atoms with Crippen molar-refractivity contribution in [2.45, 2.75) is 52.5 Å². The molecule has 1 saturated carbocycles. The van der Waals surface area contributed by atoms with Gasteiger partial charge in [0.15, 0.2) is 0 Å². The van der Waals surface area contributed by atoms with Crippen LogP contribution >= 0.6 is 0 Å². The number of carbonyl (C=O) groups is 2. The molecule has 4 unspecified atom stereocenters. The Morgan fingerprint density at radius 2 is 2.08 bits per heavy atom. The summed E-state index contributed by atoms with van der Waals surface area (Å²) in [6.07, 6.45) is 4.80. The van der Waals surface area contributed by atoms with Crippen molar-refractivity contribution in [1.82, 2.24) is 25.2 Å². The first-order valence-electron chi connectivity index (χ1n) is 9.42. The molecule has 0 bridgehead atoms. The van der Waals surface area contributed by atoms with Crippen LogP contribution in [0.2, 0.25) is 0 Å². The van der Waals surface area contributed by atoms with E-state index in [0.29, 0.717) is 43.7 Å². The normalized spacial score (nSPS) is 29.4. The molecule has 1 aliphatic carbocycles. The highest BCUT2D eigenvalue weighted by atomic mass is 16.2. The zero-order valence-electron chi connectivity index (χ0n) is 15.4. The molecule has 4 atom stereocenters. The molecule has 0 aromatic carbocycles. The van der Waals surface area contributed by atoms with Crippen molar-refractivity contribution in [3.05, 3.63) is 11.9 Å². The highest BCUT2D eigenvalue weighted by Crippen LogP contribution is 2.42. The summed E-state index contributed by atoms with van der Waals surface area (Å²) < 4.78 is 0. The molecule has 0 radical (unpaired) electrons. The summed E-state index contributed by atoms with van der Waals surface area (Å²) in [5.74, 6) is 1.51. The quantitative estimate of drug-likeness (QED) is 0.875. The number of carbonyl (C=O) groups excluding carboxylic acids is 2. The lowest BCUT2D eigenvalue weighted by atomic mass is 10.1. The van der Waals surface area contributed by atoms with Gasteiger partial charge in [-0.1, -0.05) is 20.3 Å². The minimum absolute atomic E-state index is 0.0533. The molecule has 2 fully saturated rings. The minimum Gasteiger partial charge on any atom is -0.340 e. The number of H-pyrrole nitrogens is 1. The van der Waals surface area contributed by atoms with Gasteiger partial charge in [-0.15, -0.1) is 0 Å². The number of nitrogens with zero attached hydrogens (tertiary/aromatic N) is 4. The molecule has 1 aromatic heterocycles. The van der Waals surface area contributed by atoms with E-state index < -0.39 is 0 Å². The molecule has 1 saturated heterocycles. The fraction of sp³-hybridized carbons (Fsp3) is 0.778. The van der Waals surface area contributed by atoms with Crippen LogP contribution in [0.25, 0.3) is 0 Å². The second-order valence-electron chi connectivity index (χ2n) is 7.72. The van der Waals surface area contributed by atoms with Crippen molar-refractivity contribution < 1.29 is 9.59 Å². The van der Waals surface area contributed by atoms with Crippen molar-refractivity contribution in [2.24, 2.45) is 17.8 Å².